The Morgan fingerprint density at radius 1 is 1.50 bits per heavy atom. The minimum Gasteiger partial charge on any atom is -0.394 e. The third-order valence-electron chi connectivity index (χ3n) is 2.01. The Morgan fingerprint density at radius 3 is 3.00 bits per heavy atom. The average molecular weight is 212 g/mol. The maximum atomic E-state index is 8.87. The predicted molar refractivity (Wildman–Crippen MR) is 54.2 cm³/mol. The fourth-order valence-corrected chi connectivity index (χ4v) is 1.42. The summed E-state index contributed by atoms with van der Waals surface area (Å²) in [5, 5.41) is 9.51. The Bertz CT molecular complexity index is 454. The maximum Gasteiger partial charge on any atom is 0.137 e. The number of aliphatic hydroxyl groups excluding tert-OH is 1. The zero-order valence-electron chi connectivity index (χ0n) is 7.39. The van der Waals surface area contributed by atoms with Gasteiger partial charge in [0.25, 0.3) is 0 Å². The third kappa shape index (κ3) is 1.59. The van der Waals surface area contributed by atoms with Crippen molar-refractivity contribution >= 4 is 17.2 Å². The lowest BCUT2D eigenvalue weighted by Crippen LogP contribution is -2.14. The van der Waals surface area contributed by atoms with Crippen molar-refractivity contribution in [3.8, 4) is 0 Å². The van der Waals surface area contributed by atoms with Crippen LogP contribution in [0, 0.1) is 0 Å². The SMILES string of the molecule is NC(CO)c1cn2cc(Cl)ccc2n1. The van der Waals surface area contributed by atoms with Crippen LogP contribution in [-0.4, -0.2) is 21.1 Å². The number of aromatic nitrogens is 2. The van der Waals surface area contributed by atoms with Gasteiger partial charge in [-0.15, -0.1) is 0 Å². The van der Waals surface area contributed by atoms with Gasteiger partial charge in [0.05, 0.1) is 23.4 Å². The highest BCUT2D eigenvalue weighted by Crippen LogP contribution is 2.14. The maximum absolute atomic E-state index is 8.87. The highest BCUT2D eigenvalue weighted by atomic mass is 35.5. The van der Waals surface area contributed by atoms with E-state index in [0.717, 1.165) is 5.65 Å². The number of aliphatic hydroxyl groups is 1. The molecule has 0 radical (unpaired) electrons. The second-order valence-electron chi connectivity index (χ2n) is 3.07. The summed E-state index contributed by atoms with van der Waals surface area (Å²) >= 11 is 5.81. The van der Waals surface area contributed by atoms with Gasteiger partial charge in [0.15, 0.2) is 0 Å². The molecule has 14 heavy (non-hydrogen) atoms. The van der Waals surface area contributed by atoms with Crippen LogP contribution in [0.25, 0.3) is 5.65 Å². The molecule has 0 saturated heterocycles. The van der Waals surface area contributed by atoms with Crippen molar-refractivity contribution in [3.05, 3.63) is 35.2 Å². The van der Waals surface area contributed by atoms with Crippen LogP contribution in [0.1, 0.15) is 11.7 Å². The van der Waals surface area contributed by atoms with Crippen LogP contribution in [0.3, 0.4) is 0 Å². The molecule has 0 spiro atoms. The molecule has 0 aliphatic heterocycles. The Kier molecular flexibility index (Phi) is 2.41. The van der Waals surface area contributed by atoms with E-state index in [-0.39, 0.29) is 6.61 Å². The van der Waals surface area contributed by atoms with Crippen molar-refractivity contribution < 1.29 is 5.11 Å². The first-order valence-corrected chi connectivity index (χ1v) is 4.59. The molecule has 74 valence electrons. The van der Waals surface area contributed by atoms with Gasteiger partial charge in [-0.25, -0.2) is 4.98 Å². The van der Waals surface area contributed by atoms with E-state index in [0.29, 0.717) is 10.7 Å². The molecule has 2 heterocycles. The molecule has 0 aliphatic rings. The van der Waals surface area contributed by atoms with Gasteiger partial charge in [-0.3, -0.25) is 0 Å². The van der Waals surface area contributed by atoms with Gasteiger partial charge in [0, 0.05) is 12.4 Å². The Labute approximate surface area is 85.9 Å². The monoisotopic (exact) mass is 211 g/mol. The lowest BCUT2D eigenvalue weighted by atomic mass is 10.2. The van der Waals surface area contributed by atoms with Crippen molar-refractivity contribution in [1.82, 2.24) is 9.38 Å². The highest BCUT2D eigenvalue weighted by molar-refractivity contribution is 6.30. The quantitative estimate of drug-likeness (QED) is 0.779. The van der Waals surface area contributed by atoms with Crippen molar-refractivity contribution in [2.75, 3.05) is 6.61 Å². The fourth-order valence-electron chi connectivity index (χ4n) is 1.26. The summed E-state index contributed by atoms with van der Waals surface area (Å²) in [5.41, 5.74) is 7.07. The van der Waals surface area contributed by atoms with E-state index in [2.05, 4.69) is 4.98 Å². The first-order chi connectivity index (χ1) is 6.70. The molecule has 3 N–H and O–H groups in total. The molecule has 0 amide bonds. The van der Waals surface area contributed by atoms with Gasteiger partial charge < -0.3 is 15.2 Å². The molecule has 0 aromatic carbocycles. The lowest BCUT2D eigenvalue weighted by molar-refractivity contribution is 0.266. The van der Waals surface area contributed by atoms with Crippen LogP contribution >= 0.6 is 11.6 Å². The predicted octanol–water partition coefficient (Wildman–Crippen LogP) is 0.980. The zero-order valence-corrected chi connectivity index (χ0v) is 8.15. The van der Waals surface area contributed by atoms with Crippen molar-refractivity contribution in [2.45, 2.75) is 6.04 Å². The van der Waals surface area contributed by atoms with Crippen LogP contribution in [-0.2, 0) is 0 Å². The van der Waals surface area contributed by atoms with Gasteiger partial charge in [0.2, 0.25) is 0 Å². The molecule has 0 saturated carbocycles. The Hall–Kier alpha value is -1.10. The first kappa shape index (κ1) is 9.45. The summed E-state index contributed by atoms with van der Waals surface area (Å²) in [4.78, 5) is 4.24. The van der Waals surface area contributed by atoms with Crippen LogP contribution in [0.5, 0.6) is 0 Å². The van der Waals surface area contributed by atoms with E-state index in [4.69, 9.17) is 22.4 Å². The molecule has 0 aliphatic carbocycles. The van der Waals surface area contributed by atoms with Gasteiger partial charge in [-0.2, -0.15) is 0 Å². The van der Waals surface area contributed by atoms with Crippen molar-refractivity contribution in [2.24, 2.45) is 5.73 Å². The fraction of sp³-hybridized carbons (Fsp3) is 0.222. The van der Waals surface area contributed by atoms with E-state index < -0.39 is 6.04 Å². The number of imidazole rings is 1. The summed E-state index contributed by atoms with van der Waals surface area (Å²) in [7, 11) is 0. The number of rotatable bonds is 2. The summed E-state index contributed by atoms with van der Waals surface area (Å²) in [6, 6.07) is 3.13. The standard InChI is InChI=1S/C9H10ClN3O/c10-6-1-2-9-12-8(7(11)5-14)4-13(9)3-6/h1-4,7,14H,5,11H2. The summed E-state index contributed by atoms with van der Waals surface area (Å²) in [6.45, 7) is -0.113. The van der Waals surface area contributed by atoms with E-state index in [1.54, 1.807) is 28.9 Å². The molecule has 2 aromatic heterocycles. The summed E-state index contributed by atoms with van der Waals surface area (Å²) in [5.74, 6) is 0. The molecular formula is C9H10ClN3O. The van der Waals surface area contributed by atoms with Crippen molar-refractivity contribution in [1.29, 1.82) is 0 Å². The van der Waals surface area contributed by atoms with E-state index in [9.17, 15) is 0 Å². The lowest BCUT2D eigenvalue weighted by Gasteiger charge is -2.01. The van der Waals surface area contributed by atoms with Crippen LogP contribution < -0.4 is 5.73 Å². The largest absolute Gasteiger partial charge is 0.394 e. The Balaban J connectivity index is 2.51. The van der Waals surface area contributed by atoms with E-state index in [1.807, 2.05) is 0 Å². The number of hydrogen-bond donors (Lipinski definition) is 2. The summed E-state index contributed by atoms with van der Waals surface area (Å²) < 4.78 is 1.78. The Morgan fingerprint density at radius 2 is 2.29 bits per heavy atom. The highest BCUT2D eigenvalue weighted by Gasteiger charge is 2.08. The minimum absolute atomic E-state index is 0.113. The van der Waals surface area contributed by atoms with Crippen LogP contribution in [0.15, 0.2) is 24.5 Å². The second kappa shape index (κ2) is 3.57. The normalized spacial score (nSPS) is 13.4. The van der Waals surface area contributed by atoms with Crippen molar-refractivity contribution in [3.63, 3.8) is 0 Å². The molecule has 2 rings (SSSR count). The van der Waals surface area contributed by atoms with E-state index in [1.165, 1.54) is 0 Å². The number of halogens is 1. The van der Waals surface area contributed by atoms with E-state index >= 15 is 0 Å². The summed E-state index contributed by atoms with van der Waals surface area (Å²) in [6.07, 6.45) is 3.51. The van der Waals surface area contributed by atoms with Gasteiger partial charge >= 0.3 is 0 Å². The molecule has 5 heteroatoms. The molecule has 0 fully saturated rings. The average Bonchev–Trinajstić information content (AvgIpc) is 2.59. The number of fused-ring (bicyclic) bond motifs is 1. The second-order valence-corrected chi connectivity index (χ2v) is 3.50. The molecule has 1 unspecified atom stereocenters. The third-order valence-corrected chi connectivity index (χ3v) is 2.23. The van der Waals surface area contributed by atoms with Crippen LogP contribution in [0.4, 0.5) is 0 Å². The van der Waals surface area contributed by atoms with Crippen LogP contribution in [0.2, 0.25) is 5.02 Å². The molecule has 1 atom stereocenters. The number of pyridine rings is 1. The zero-order chi connectivity index (χ0) is 10.1. The molecule has 0 bridgehead atoms. The minimum atomic E-state index is -0.436. The topological polar surface area (TPSA) is 63.5 Å². The molecule has 4 nitrogen and oxygen atoms in total. The molecule has 2 aromatic rings. The number of nitrogens with zero attached hydrogens (tertiary/aromatic N) is 2. The van der Waals surface area contributed by atoms with Gasteiger partial charge in [-0.1, -0.05) is 11.6 Å². The smallest absolute Gasteiger partial charge is 0.137 e. The first-order valence-electron chi connectivity index (χ1n) is 4.21. The van der Waals surface area contributed by atoms with Gasteiger partial charge in [-0.05, 0) is 12.1 Å². The van der Waals surface area contributed by atoms with Gasteiger partial charge in [0.1, 0.15) is 5.65 Å². The number of hydrogen-bond acceptors (Lipinski definition) is 3. The molecular weight excluding hydrogens is 202 g/mol. The number of nitrogens with two attached hydrogens (primary N) is 1.